The molecule has 1 aliphatic heterocycles. The van der Waals surface area contributed by atoms with Crippen LogP contribution in [-0.4, -0.2) is 34.1 Å². The van der Waals surface area contributed by atoms with Crippen LogP contribution in [-0.2, 0) is 4.79 Å². The van der Waals surface area contributed by atoms with E-state index in [1.165, 1.54) is 0 Å². The Morgan fingerprint density at radius 1 is 1.33 bits per heavy atom. The SMILES string of the molecule is C=CC(C=C)[C@H](O)CCC(=O)N1[C@@H](C)CC[C@@H]1C. The van der Waals surface area contributed by atoms with Gasteiger partial charge >= 0.3 is 0 Å². The van der Waals surface area contributed by atoms with Crippen molar-refractivity contribution >= 4 is 5.91 Å². The Kier molecular flexibility index (Phi) is 5.60. The number of likely N-dealkylation sites (tertiary alicyclic amines) is 1. The van der Waals surface area contributed by atoms with Crippen LogP contribution in [0.4, 0.5) is 0 Å². The van der Waals surface area contributed by atoms with Crippen molar-refractivity contribution in [3.05, 3.63) is 25.3 Å². The fourth-order valence-corrected chi connectivity index (χ4v) is 2.69. The molecule has 1 N–H and O–H groups in total. The second-order valence-electron chi connectivity index (χ2n) is 5.23. The Labute approximate surface area is 110 Å². The number of carbonyl (C=O) groups excluding carboxylic acids is 1. The molecule has 0 aromatic carbocycles. The van der Waals surface area contributed by atoms with Crippen molar-refractivity contribution < 1.29 is 9.90 Å². The van der Waals surface area contributed by atoms with E-state index >= 15 is 0 Å². The summed E-state index contributed by atoms with van der Waals surface area (Å²) in [7, 11) is 0. The van der Waals surface area contributed by atoms with Gasteiger partial charge in [0.25, 0.3) is 0 Å². The molecule has 1 aliphatic rings. The highest BCUT2D eigenvalue weighted by atomic mass is 16.3. The van der Waals surface area contributed by atoms with Gasteiger partial charge in [0, 0.05) is 24.4 Å². The summed E-state index contributed by atoms with van der Waals surface area (Å²) in [6.45, 7) is 11.5. The number of carbonyl (C=O) groups is 1. The van der Waals surface area contributed by atoms with Crippen LogP contribution in [0.2, 0.25) is 0 Å². The third-order valence-corrected chi connectivity index (χ3v) is 3.88. The van der Waals surface area contributed by atoms with Crippen LogP contribution in [0.5, 0.6) is 0 Å². The van der Waals surface area contributed by atoms with Crippen LogP contribution in [0.25, 0.3) is 0 Å². The van der Waals surface area contributed by atoms with E-state index in [4.69, 9.17) is 0 Å². The number of hydrogen-bond acceptors (Lipinski definition) is 2. The van der Waals surface area contributed by atoms with E-state index in [-0.39, 0.29) is 11.8 Å². The summed E-state index contributed by atoms with van der Waals surface area (Å²) in [5, 5.41) is 9.92. The summed E-state index contributed by atoms with van der Waals surface area (Å²) >= 11 is 0. The highest BCUT2D eigenvalue weighted by molar-refractivity contribution is 5.77. The van der Waals surface area contributed by atoms with E-state index in [0.717, 1.165) is 12.8 Å². The van der Waals surface area contributed by atoms with Gasteiger partial charge in [-0.3, -0.25) is 4.79 Å². The fourth-order valence-electron chi connectivity index (χ4n) is 2.69. The van der Waals surface area contributed by atoms with Gasteiger partial charge in [0.1, 0.15) is 0 Å². The first-order valence-corrected chi connectivity index (χ1v) is 6.75. The number of aliphatic hydroxyl groups is 1. The van der Waals surface area contributed by atoms with Crippen molar-refractivity contribution in [3.8, 4) is 0 Å². The number of rotatable bonds is 6. The van der Waals surface area contributed by atoms with Crippen LogP contribution in [0, 0.1) is 5.92 Å². The minimum absolute atomic E-state index is 0.133. The molecule has 0 aromatic heterocycles. The summed E-state index contributed by atoms with van der Waals surface area (Å²) in [4.78, 5) is 14.1. The minimum atomic E-state index is -0.558. The summed E-state index contributed by atoms with van der Waals surface area (Å²) in [6, 6.07) is 0.665. The summed E-state index contributed by atoms with van der Waals surface area (Å²) in [6.07, 6.45) is 5.81. The zero-order chi connectivity index (χ0) is 13.7. The van der Waals surface area contributed by atoms with Crippen LogP contribution in [0.3, 0.4) is 0 Å². The molecule has 18 heavy (non-hydrogen) atoms. The molecular formula is C15H25NO2. The fraction of sp³-hybridized carbons (Fsp3) is 0.667. The molecule has 1 heterocycles. The second-order valence-corrected chi connectivity index (χ2v) is 5.23. The Bertz CT molecular complexity index is 296. The monoisotopic (exact) mass is 251 g/mol. The highest BCUT2D eigenvalue weighted by Crippen LogP contribution is 2.25. The molecule has 0 bridgehead atoms. The van der Waals surface area contributed by atoms with E-state index in [9.17, 15) is 9.90 Å². The standard InChI is InChI=1S/C15H25NO2/c1-5-13(6-2)14(17)9-10-15(18)16-11(3)7-8-12(16)4/h5-6,11-14,17H,1-2,7-10H2,3-4H3/t11-,12-,14+/m0/s1. The van der Waals surface area contributed by atoms with E-state index < -0.39 is 6.10 Å². The van der Waals surface area contributed by atoms with Crippen molar-refractivity contribution in [2.75, 3.05) is 0 Å². The molecule has 0 unspecified atom stereocenters. The third-order valence-electron chi connectivity index (χ3n) is 3.88. The quantitative estimate of drug-likeness (QED) is 0.737. The van der Waals surface area contributed by atoms with Gasteiger partial charge in [-0.15, -0.1) is 13.2 Å². The molecule has 3 atom stereocenters. The highest BCUT2D eigenvalue weighted by Gasteiger charge is 2.31. The number of amides is 1. The molecular weight excluding hydrogens is 226 g/mol. The van der Waals surface area contributed by atoms with Crippen molar-refractivity contribution in [2.45, 2.75) is 57.7 Å². The van der Waals surface area contributed by atoms with Gasteiger partial charge in [0.2, 0.25) is 5.91 Å². The van der Waals surface area contributed by atoms with Crippen LogP contribution < -0.4 is 0 Å². The molecule has 1 rings (SSSR count). The Morgan fingerprint density at radius 3 is 2.28 bits per heavy atom. The first-order valence-electron chi connectivity index (χ1n) is 6.75. The molecule has 0 radical (unpaired) electrons. The lowest BCUT2D eigenvalue weighted by Crippen LogP contribution is -2.39. The molecule has 1 amide bonds. The van der Waals surface area contributed by atoms with E-state index in [1.54, 1.807) is 12.2 Å². The van der Waals surface area contributed by atoms with Gasteiger partial charge in [-0.25, -0.2) is 0 Å². The molecule has 3 heteroatoms. The third kappa shape index (κ3) is 3.45. The Balaban J connectivity index is 2.45. The average molecular weight is 251 g/mol. The lowest BCUT2D eigenvalue weighted by molar-refractivity contribution is -0.134. The number of hydrogen-bond donors (Lipinski definition) is 1. The minimum Gasteiger partial charge on any atom is -0.392 e. The van der Waals surface area contributed by atoms with Crippen LogP contribution in [0.1, 0.15) is 39.5 Å². The maximum absolute atomic E-state index is 12.1. The first kappa shape index (κ1) is 15.0. The molecule has 1 saturated heterocycles. The Morgan fingerprint density at radius 2 is 1.83 bits per heavy atom. The van der Waals surface area contributed by atoms with Gasteiger partial charge < -0.3 is 10.0 Å². The lowest BCUT2D eigenvalue weighted by atomic mass is 9.98. The summed E-state index contributed by atoms with van der Waals surface area (Å²) < 4.78 is 0. The van der Waals surface area contributed by atoms with E-state index in [0.29, 0.717) is 24.9 Å². The Hall–Kier alpha value is -1.09. The lowest BCUT2D eigenvalue weighted by Gasteiger charge is -2.27. The molecule has 3 nitrogen and oxygen atoms in total. The predicted octanol–water partition coefficient (Wildman–Crippen LogP) is 2.52. The number of aliphatic hydroxyl groups excluding tert-OH is 1. The van der Waals surface area contributed by atoms with E-state index in [1.807, 2.05) is 4.90 Å². The zero-order valence-electron chi connectivity index (χ0n) is 11.5. The molecule has 0 spiro atoms. The van der Waals surface area contributed by atoms with Crippen molar-refractivity contribution in [1.29, 1.82) is 0 Å². The molecule has 102 valence electrons. The summed E-state index contributed by atoms with van der Waals surface area (Å²) in [5.74, 6) is 0.0182. The van der Waals surface area contributed by atoms with Gasteiger partial charge in [0.15, 0.2) is 0 Å². The predicted molar refractivity (Wildman–Crippen MR) is 74.1 cm³/mol. The summed E-state index contributed by atoms with van der Waals surface area (Å²) in [5.41, 5.74) is 0. The van der Waals surface area contributed by atoms with Crippen molar-refractivity contribution in [2.24, 2.45) is 5.92 Å². The normalized spacial score (nSPS) is 25.2. The largest absolute Gasteiger partial charge is 0.392 e. The van der Waals surface area contributed by atoms with Gasteiger partial charge in [-0.1, -0.05) is 12.2 Å². The molecule has 0 aromatic rings. The molecule has 0 aliphatic carbocycles. The van der Waals surface area contributed by atoms with Crippen molar-refractivity contribution in [1.82, 2.24) is 4.90 Å². The zero-order valence-corrected chi connectivity index (χ0v) is 11.5. The van der Waals surface area contributed by atoms with Crippen LogP contribution in [0.15, 0.2) is 25.3 Å². The second kappa shape index (κ2) is 6.74. The van der Waals surface area contributed by atoms with Gasteiger partial charge in [0.05, 0.1) is 6.10 Å². The van der Waals surface area contributed by atoms with Crippen LogP contribution >= 0.6 is 0 Å². The smallest absolute Gasteiger partial charge is 0.223 e. The first-order chi connectivity index (χ1) is 8.51. The van der Waals surface area contributed by atoms with Crippen molar-refractivity contribution in [3.63, 3.8) is 0 Å². The average Bonchev–Trinajstić information content (AvgIpc) is 2.67. The number of nitrogens with zero attached hydrogens (tertiary/aromatic N) is 1. The maximum atomic E-state index is 12.1. The van der Waals surface area contributed by atoms with Gasteiger partial charge in [-0.2, -0.15) is 0 Å². The topological polar surface area (TPSA) is 40.5 Å². The molecule has 0 saturated carbocycles. The van der Waals surface area contributed by atoms with Gasteiger partial charge in [-0.05, 0) is 33.1 Å². The molecule has 1 fully saturated rings. The van der Waals surface area contributed by atoms with E-state index in [2.05, 4.69) is 27.0 Å². The maximum Gasteiger partial charge on any atom is 0.223 e.